The Labute approximate surface area is 206 Å². The maximum atomic E-state index is 13.2. The van der Waals surface area contributed by atoms with Gasteiger partial charge in [-0.15, -0.1) is 10.2 Å². The minimum absolute atomic E-state index is 0.0101. The van der Waals surface area contributed by atoms with Crippen LogP contribution in [0.25, 0.3) is 11.3 Å². The summed E-state index contributed by atoms with van der Waals surface area (Å²) in [5, 5.41) is 12.1. The second-order valence-electron chi connectivity index (χ2n) is 9.08. The molecule has 0 saturated carbocycles. The van der Waals surface area contributed by atoms with Gasteiger partial charge < -0.3 is 16.0 Å². The summed E-state index contributed by atoms with van der Waals surface area (Å²) in [4.78, 5) is 29.2. The first kappa shape index (κ1) is 24.8. The molecule has 8 heteroatoms. The molecule has 1 atom stereocenters. The van der Waals surface area contributed by atoms with Crippen LogP contribution in [0.3, 0.4) is 0 Å². The van der Waals surface area contributed by atoms with Crippen molar-refractivity contribution in [2.45, 2.75) is 44.7 Å². The second kappa shape index (κ2) is 11.9. The van der Waals surface area contributed by atoms with Gasteiger partial charge in [-0.05, 0) is 37.9 Å². The zero-order chi connectivity index (χ0) is 24.6. The molecule has 2 amide bonds. The van der Waals surface area contributed by atoms with Crippen molar-refractivity contribution in [3.05, 3.63) is 66.3 Å². The minimum atomic E-state index is -0.131. The fraction of sp³-hybridized carbons (Fsp3) is 0.407. The number of allylic oxidation sites excluding steroid dienone is 2. The van der Waals surface area contributed by atoms with Crippen LogP contribution in [-0.4, -0.2) is 65.2 Å². The zero-order valence-corrected chi connectivity index (χ0v) is 20.3. The molecular weight excluding hydrogens is 440 g/mol. The molecule has 35 heavy (non-hydrogen) atoms. The van der Waals surface area contributed by atoms with Crippen LogP contribution in [0, 0.1) is 0 Å². The Balaban J connectivity index is 1.42. The van der Waals surface area contributed by atoms with Gasteiger partial charge in [0.1, 0.15) is 6.54 Å². The molecule has 3 N–H and O–H groups in total. The SMILES string of the molecule is CCNC1C=C(CCCC(=O)N(CC(=O)N2CC(N)C2)c2ccc(-c3ccccc3)nn2)C=CC1. The number of likely N-dealkylation sites (tertiary alicyclic amines) is 1. The Hall–Kier alpha value is -3.36. The highest BCUT2D eigenvalue weighted by molar-refractivity contribution is 5.98. The van der Waals surface area contributed by atoms with Gasteiger partial charge in [0, 0.05) is 37.2 Å². The van der Waals surface area contributed by atoms with Crippen molar-refractivity contribution >= 4 is 17.6 Å². The maximum Gasteiger partial charge on any atom is 0.242 e. The van der Waals surface area contributed by atoms with Gasteiger partial charge in [-0.3, -0.25) is 14.5 Å². The number of nitrogens with zero attached hydrogens (tertiary/aromatic N) is 4. The summed E-state index contributed by atoms with van der Waals surface area (Å²) < 4.78 is 0. The first-order valence-electron chi connectivity index (χ1n) is 12.4. The van der Waals surface area contributed by atoms with Gasteiger partial charge in [-0.25, -0.2) is 0 Å². The molecule has 1 aliphatic heterocycles. The van der Waals surface area contributed by atoms with E-state index in [9.17, 15) is 9.59 Å². The third-order valence-corrected chi connectivity index (χ3v) is 6.31. The summed E-state index contributed by atoms with van der Waals surface area (Å²) in [6, 6.07) is 13.7. The molecule has 1 aromatic heterocycles. The van der Waals surface area contributed by atoms with Gasteiger partial charge in [0.2, 0.25) is 11.8 Å². The van der Waals surface area contributed by atoms with Crippen LogP contribution in [0.15, 0.2) is 66.3 Å². The largest absolute Gasteiger partial charge is 0.338 e. The molecule has 184 valence electrons. The molecule has 0 radical (unpaired) electrons. The lowest BCUT2D eigenvalue weighted by Crippen LogP contribution is -2.60. The quantitative estimate of drug-likeness (QED) is 0.549. The molecule has 2 heterocycles. The first-order chi connectivity index (χ1) is 17.0. The van der Waals surface area contributed by atoms with Gasteiger partial charge in [-0.1, -0.05) is 61.1 Å². The van der Waals surface area contributed by atoms with E-state index in [1.165, 1.54) is 10.5 Å². The third kappa shape index (κ3) is 6.61. The van der Waals surface area contributed by atoms with Crippen molar-refractivity contribution < 1.29 is 9.59 Å². The Morgan fingerprint density at radius 3 is 2.63 bits per heavy atom. The van der Waals surface area contributed by atoms with Gasteiger partial charge in [-0.2, -0.15) is 0 Å². The fourth-order valence-electron chi connectivity index (χ4n) is 4.38. The van der Waals surface area contributed by atoms with E-state index in [0.29, 0.717) is 43.5 Å². The Morgan fingerprint density at radius 2 is 1.94 bits per heavy atom. The topological polar surface area (TPSA) is 104 Å². The van der Waals surface area contributed by atoms with Crippen LogP contribution in [0.5, 0.6) is 0 Å². The smallest absolute Gasteiger partial charge is 0.242 e. The average Bonchev–Trinajstić information content (AvgIpc) is 2.86. The summed E-state index contributed by atoms with van der Waals surface area (Å²) in [5.41, 5.74) is 8.73. The van der Waals surface area contributed by atoms with Crippen molar-refractivity contribution in [3.63, 3.8) is 0 Å². The molecule has 1 unspecified atom stereocenters. The van der Waals surface area contributed by atoms with Gasteiger partial charge in [0.15, 0.2) is 5.82 Å². The normalized spacial score (nSPS) is 17.6. The van der Waals surface area contributed by atoms with Crippen LogP contribution in [0.1, 0.15) is 32.6 Å². The van der Waals surface area contributed by atoms with Crippen LogP contribution < -0.4 is 16.0 Å². The lowest BCUT2D eigenvalue weighted by molar-refractivity contribution is -0.135. The standard InChI is InChI=1S/C27H34N6O2/c1-2-29-23-12-6-8-20(16-23)9-7-13-26(34)33(19-27(35)32-17-22(28)18-32)25-15-14-24(30-31-25)21-10-4-3-5-11-21/h3-6,8,10-11,14-16,22-23,29H,2,7,9,12-13,17-19,28H2,1H3. The Bertz CT molecular complexity index is 1060. The average molecular weight is 475 g/mol. The predicted octanol–water partition coefficient (Wildman–Crippen LogP) is 2.68. The number of likely N-dealkylation sites (N-methyl/N-ethyl adjacent to an activating group) is 1. The zero-order valence-electron chi connectivity index (χ0n) is 20.3. The maximum absolute atomic E-state index is 13.2. The predicted molar refractivity (Wildman–Crippen MR) is 138 cm³/mol. The summed E-state index contributed by atoms with van der Waals surface area (Å²) >= 11 is 0. The van der Waals surface area contributed by atoms with E-state index in [2.05, 4.69) is 40.7 Å². The molecule has 8 nitrogen and oxygen atoms in total. The lowest BCUT2D eigenvalue weighted by Gasteiger charge is -2.38. The van der Waals surface area contributed by atoms with E-state index in [-0.39, 0.29) is 24.4 Å². The van der Waals surface area contributed by atoms with Crippen LogP contribution in [0.2, 0.25) is 0 Å². The Kier molecular flexibility index (Phi) is 8.39. The molecule has 2 aliphatic rings. The number of nitrogens with two attached hydrogens (primary N) is 1. The number of rotatable bonds is 10. The monoisotopic (exact) mass is 474 g/mol. The van der Waals surface area contributed by atoms with Crippen molar-refractivity contribution in [1.82, 2.24) is 20.4 Å². The minimum Gasteiger partial charge on any atom is -0.338 e. The lowest BCUT2D eigenvalue weighted by atomic mass is 9.98. The summed E-state index contributed by atoms with van der Waals surface area (Å²) in [7, 11) is 0. The van der Waals surface area contributed by atoms with Crippen LogP contribution >= 0.6 is 0 Å². The highest BCUT2D eigenvalue weighted by Gasteiger charge is 2.30. The first-order valence-corrected chi connectivity index (χ1v) is 12.4. The Morgan fingerprint density at radius 1 is 1.14 bits per heavy atom. The molecule has 1 saturated heterocycles. The molecule has 1 fully saturated rings. The van der Waals surface area contributed by atoms with Gasteiger partial charge >= 0.3 is 0 Å². The number of hydrogen-bond donors (Lipinski definition) is 2. The van der Waals surface area contributed by atoms with E-state index >= 15 is 0 Å². The van der Waals surface area contributed by atoms with Gasteiger partial charge in [0.05, 0.1) is 5.69 Å². The molecule has 4 rings (SSSR count). The highest BCUT2D eigenvalue weighted by Crippen LogP contribution is 2.21. The number of benzene rings is 1. The highest BCUT2D eigenvalue weighted by atomic mass is 16.2. The van der Waals surface area contributed by atoms with Crippen molar-refractivity contribution in [1.29, 1.82) is 0 Å². The molecular formula is C27H34N6O2. The number of anilines is 1. The number of hydrogen-bond acceptors (Lipinski definition) is 6. The number of amides is 2. The number of nitrogens with one attached hydrogen (secondary N) is 1. The molecule has 0 bridgehead atoms. The summed E-state index contributed by atoms with van der Waals surface area (Å²) in [5.74, 6) is 0.130. The molecule has 2 aromatic rings. The summed E-state index contributed by atoms with van der Waals surface area (Å²) in [6.07, 6.45) is 9.39. The van der Waals surface area contributed by atoms with Crippen molar-refractivity contribution in [3.8, 4) is 11.3 Å². The molecule has 1 aromatic carbocycles. The van der Waals surface area contributed by atoms with E-state index in [4.69, 9.17) is 5.73 Å². The van der Waals surface area contributed by atoms with Crippen LogP contribution in [0.4, 0.5) is 5.82 Å². The third-order valence-electron chi connectivity index (χ3n) is 6.31. The van der Waals surface area contributed by atoms with E-state index in [1.807, 2.05) is 36.4 Å². The number of carbonyl (C=O) groups is 2. The molecule has 1 aliphatic carbocycles. The summed E-state index contributed by atoms with van der Waals surface area (Å²) in [6.45, 7) is 4.01. The number of aromatic nitrogens is 2. The van der Waals surface area contributed by atoms with E-state index < -0.39 is 0 Å². The second-order valence-corrected chi connectivity index (χ2v) is 9.08. The van der Waals surface area contributed by atoms with E-state index in [0.717, 1.165) is 24.9 Å². The fourth-order valence-corrected chi connectivity index (χ4v) is 4.38. The van der Waals surface area contributed by atoms with Crippen LogP contribution in [-0.2, 0) is 9.59 Å². The molecule has 0 spiro atoms. The van der Waals surface area contributed by atoms with Crippen molar-refractivity contribution in [2.75, 3.05) is 31.1 Å². The van der Waals surface area contributed by atoms with Gasteiger partial charge in [0.25, 0.3) is 0 Å². The van der Waals surface area contributed by atoms with Crippen molar-refractivity contribution in [2.24, 2.45) is 5.73 Å². The van der Waals surface area contributed by atoms with E-state index in [1.54, 1.807) is 11.0 Å². The number of carbonyl (C=O) groups excluding carboxylic acids is 2.